The number of ether oxygens (including phenoxy) is 1. The van der Waals surface area contributed by atoms with Gasteiger partial charge in [-0.25, -0.2) is 4.79 Å². The van der Waals surface area contributed by atoms with Gasteiger partial charge in [0.1, 0.15) is 5.75 Å². The second-order valence-corrected chi connectivity index (χ2v) is 5.01. The van der Waals surface area contributed by atoms with Crippen LogP contribution in [-0.4, -0.2) is 19.0 Å². The Bertz CT molecular complexity index is 701. The zero-order chi connectivity index (χ0) is 16.8. The van der Waals surface area contributed by atoms with Gasteiger partial charge < -0.3 is 21.1 Å². The molecular formula is C17H19N3O3. The van der Waals surface area contributed by atoms with E-state index in [4.69, 9.17) is 10.5 Å². The number of benzene rings is 2. The summed E-state index contributed by atoms with van der Waals surface area (Å²) < 4.78 is 5.18. The number of hydrogen-bond donors (Lipinski definition) is 3. The van der Waals surface area contributed by atoms with Gasteiger partial charge in [0.05, 0.1) is 18.8 Å². The Kier molecular flexibility index (Phi) is 5.19. The van der Waals surface area contributed by atoms with Crippen LogP contribution in [0.5, 0.6) is 5.75 Å². The highest BCUT2D eigenvalue weighted by molar-refractivity contribution is 5.97. The molecule has 0 saturated carbocycles. The first-order valence-corrected chi connectivity index (χ1v) is 7.11. The maximum atomic E-state index is 12.2. The molecule has 2 aromatic carbocycles. The van der Waals surface area contributed by atoms with Crippen LogP contribution in [0.25, 0.3) is 0 Å². The molecule has 1 unspecified atom stereocenters. The number of nitrogens with two attached hydrogens (primary N) is 1. The van der Waals surface area contributed by atoms with Crippen molar-refractivity contribution in [1.82, 2.24) is 5.32 Å². The zero-order valence-electron chi connectivity index (χ0n) is 13.0. The van der Waals surface area contributed by atoms with Crippen LogP contribution >= 0.6 is 0 Å². The number of urea groups is 1. The molecule has 0 aliphatic carbocycles. The standard InChI is InChI=1S/C17H19N3O3/c1-11(12-6-4-3-5-7-12)19-17(22)20-14-10-13(16(18)21)8-9-15(14)23-2/h3-11H,1-2H3,(H2,18,21)(H2,19,20,22). The lowest BCUT2D eigenvalue weighted by Gasteiger charge is -2.16. The molecule has 0 aromatic heterocycles. The van der Waals surface area contributed by atoms with Gasteiger partial charge in [0.15, 0.2) is 0 Å². The van der Waals surface area contributed by atoms with Crippen LogP contribution in [0.15, 0.2) is 48.5 Å². The smallest absolute Gasteiger partial charge is 0.319 e. The first kappa shape index (κ1) is 16.4. The molecule has 6 nitrogen and oxygen atoms in total. The van der Waals surface area contributed by atoms with E-state index in [0.29, 0.717) is 11.4 Å². The Labute approximate surface area is 134 Å². The molecule has 2 aromatic rings. The SMILES string of the molecule is COc1ccc(C(N)=O)cc1NC(=O)NC(C)c1ccccc1. The summed E-state index contributed by atoms with van der Waals surface area (Å²) in [5.41, 5.74) is 6.91. The van der Waals surface area contributed by atoms with Gasteiger partial charge in [-0.05, 0) is 30.7 Å². The summed E-state index contributed by atoms with van der Waals surface area (Å²) in [6.07, 6.45) is 0. The van der Waals surface area contributed by atoms with Gasteiger partial charge in [0, 0.05) is 5.56 Å². The molecule has 4 N–H and O–H groups in total. The summed E-state index contributed by atoms with van der Waals surface area (Å²) in [4.78, 5) is 23.4. The Morgan fingerprint density at radius 1 is 1.13 bits per heavy atom. The van der Waals surface area contributed by atoms with Gasteiger partial charge >= 0.3 is 6.03 Å². The highest BCUT2D eigenvalue weighted by Crippen LogP contribution is 2.25. The summed E-state index contributed by atoms with van der Waals surface area (Å²) in [6, 6.07) is 13.6. The number of nitrogens with one attached hydrogen (secondary N) is 2. The summed E-state index contributed by atoms with van der Waals surface area (Å²) in [7, 11) is 1.48. The molecule has 0 saturated heterocycles. The van der Waals surface area contributed by atoms with Gasteiger partial charge in [0.25, 0.3) is 0 Å². The predicted octanol–water partition coefficient (Wildman–Crippen LogP) is 2.68. The van der Waals surface area contributed by atoms with Crippen molar-refractivity contribution in [2.45, 2.75) is 13.0 Å². The fourth-order valence-electron chi connectivity index (χ4n) is 2.14. The van der Waals surface area contributed by atoms with Crippen LogP contribution in [0.2, 0.25) is 0 Å². The minimum Gasteiger partial charge on any atom is -0.495 e. The monoisotopic (exact) mass is 313 g/mol. The molecule has 23 heavy (non-hydrogen) atoms. The Morgan fingerprint density at radius 3 is 2.43 bits per heavy atom. The van der Waals surface area contributed by atoms with Crippen LogP contribution in [0.3, 0.4) is 0 Å². The summed E-state index contributed by atoms with van der Waals surface area (Å²) in [5, 5.41) is 5.50. The number of methoxy groups -OCH3 is 1. The summed E-state index contributed by atoms with van der Waals surface area (Å²) >= 11 is 0. The van der Waals surface area contributed by atoms with Crippen molar-refractivity contribution in [1.29, 1.82) is 0 Å². The van der Waals surface area contributed by atoms with E-state index in [1.165, 1.54) is 19.2 Å². The number of hydrogen-bond acceptors (Lipinski definition) is 3. The maximum Gasteiger partial charge on any atom is 0.319 e. The van der Waals surface area contributed by atoms with Crippen LogP contribution in [-0.2, 0) is 0 Å². The molecular weight excluding hydrogens is 294 g/mol. The van der Waals surface area contributed by atoms with Crippen molar-refractivity contribution in [2.75, 3.05) is 12.4 Å². The van der Waals surface area contributed by atoms with Gasteiger partial charge in [-0.3, -0.25) is 4.79 Å². The number of carbonyl (C=O) groups is 2. The molecule has 3 amide bonds. The quantitative estimate of drug-likeness (QED) is 0.792. The normalized spacial score (nSPS) is 11.4. The molecule has 0 fully saturated rings. The van der Waals surface area contributed by atoms with Crippen LogP contribution in [0, 0.1) is 0 Å². The average Bonchev–Trinajstić information content (AvgIpc) is 2.55. The van der Waals surface area contributed by atoms with Crippen molar-refractivity contribution in [3.05, 3.63) is 59.7 Å². The third-order valence-electron chi connectivity index (χ3n) is 3.38. The maximum absolute atomic E-state index is 12.2. The molecule has 0 bridgehead atoms. The minimum atomic E-state index is -0.575. The predicted molar refractivity (Wildman–Crippen MR) is 88.5 cm³/mol. The summed E-state index contributed by atoms with van der Waals surface area (Å²) in [5.74, 6) is -0.133. The molecule has 0 aliphatic heterocycles. The van der Waals surface area contributed by atoms with E-state index in [-0.39, 0.29) is 11.6 Å². The van der Waals surface area contributed by atoms with Crippen LogP contribution in [0.4, 0.5) is 10.5 Å². The van der Waals surface area contributed by atoms with Gasteiger partial charge in [-0.2, -0.15) is 0 Å². The third-order valence-corrected chi connectivity index (χ3v) is 3.38. The molecule has 6 heteroatoms. The summed E-state index contributed by atoms with van der Waals surface area (Å²) in [6.45, 7) is 1.88. The van der Waals surface area contributed by atoms with Gasteiger partial charge in [-0.1, -0.05) is 30.3 Å². The van der Waals surface area contributed by atoms with E-state index in [9.17, 15) is 9.59 Å². The molecule has 0 radical (unpaired) electrons. The highest BCUT2D eigenvalue weighted by atomic mass is 16.5. The largest absolute Gasteiger partial charge is 0.495 e. The van der Waals surface area contributed by atoms with Gasteiger partial charge in [0.2, 0.25) is 5.91 Å². The van der Waals surface area contributed by atoms with E-state index in [2.05, 4.69) is 10.6 Å². The number of carbonyl (C=O) groups excluding carboxylic acids is 2. The molecule has 0 heterocycles. The number of primary amides is 1. The van der Waals surface area contributed by atoms with Crippen molar-refractivity contribution in [2.24, 2.45) is 5.73 Å². The lowest BCUT2D eigenvalue weighted by atomic mass is 10.1. The Balaban J connectivity index is 2.10. The molecule has 0 spiro atoms. The van der Waals surface area contributed by atoms with Crippen molar-refractivity contribution >= 4 is 17.6 Å². The van der Waals surface area contributed by atoms with Crippen molar-refractivity contribution < 1.29 is 14.3 Å². The van der Waals surface area contributed by atoms with E-state index in [1.807, 2.05) is 37.3 Å². The third kappa shape index (κ3) is 4.23. The van der Waals surface area contributed by atoms with Crippen molar-refractivity contribution in [3.8, 4) is 5.75 Å². The van der Waals surface area contributed by atoms with E-state index >= 15 is 0 Å². The number of rotatable bonds is 5. The van der Waals surface area contributed by atoms with E-state index in [0.717, 1.165) is 5.56 Å². The zero-order valence-corrected chi connectivity index (χ0v) is 13.0. The minimum absolute atomic E-state index is 0.165. The van der Waals surface area contributed by atoms with E-state index in [1.54, 1.807) is 6.07 Å². The second kappa shape index (κ2) is 7.31. The van der Waals surface area contributed by atoms with Crippen molar-refractivity contribution in [3.63, 3.8) is 0 Å². The lowest BCUT2D eigenvalue weighted by molar-refractivity contribution is 0.1000. The highest BCUT2D eigenvalue weighted by Gasteiger charge is 2.13. The fraction of sp³-hybridized carbons (Fsp3) is 0.176. The molecule has 1 atom stereocenters. The first-order valence-electron chi connectivity index (χ1n) is 7.11. The lowest BCUT2D eigenvalue weighted by Crippen LogP contribution is -2.31. The van der Waals surface area contributed by atoms with Crippen LogP contribution in [0.1, 0.15) is 28.9 Å². The second-order valence-electron chi connectivity index (χ2n) is 5.01. The molecule has 2 rings (SSSR count). The average molecular weight is 313 g/mol. The Hall–Kier alpha value is -3.02. The molecule has 0 aliphatic rings. The van der Waals surface area contributed by atoms with Gasteiger partial charge in [-0.15, -0.1) is 0 Å². The van der Waals surface area contributed by atoms with E-state index < -0.39 is 11.9 Å². The Morgan fingerprint density at radius 2 is 1.83 bits per heavy atom. The first-order chi connectivity index (χ1) is 11.0. The number of anilines is 1. The van der Waals surface area contributed by atoms with Crippen LogP contribution < -0.4 is 21.1 Å². The topological polar surface area (TPSA) is 93.4 Å². The number of amides is 3. The fourth-order valence-corrected chi connectivity index (χ4v) is 2.14. The molecule has 120 valence electrons.